The number of hydrogen-bond donors (Lipinski definition) is 3. The Bertz CT molecular complexity index is 118. The van der Waals surface area contributed by atoms with Gasteiger partial charge in [-0.05, 0) is 6.42 Å². The van der Waals surface area contributed by atoms with Crippen molar-refractivity contribution in [2.45, 2.75) is 39.7 Å². The smallest absolute Gasteiger partial charge is 0.250 e. The molecule has 0 radical (unpaired) electrons. The van der Waals surface area contributed by atoms with Gasteiger partial charge in [-0.1, -0.05) is 27.2 Å². The third kappa shape index (κ3) is 11.4. The lowest BCUT2D eigenvalue weighted by molar-refractivity contribution is -0.128. The molecule has 0 saturated carbocycles. The average molecular weight is 190 g/mol. The van der Waals surface area contributed by atoms with E-state index in [2.05, 4.69) is 19.2 Å². The molecule has 0 aromatic heterocycles. The molecule has 0 aromatic rings. The van der Waals surface area contributed by atoms with Crippen LogP contribution in [0, 0.1) is 0 Å². The molecule has 1 amide bonds. The summed E-state index contributed by atoms with van der Waals surface area (Å²) >= 11 is 0. The molecule has 0 aliphatic heterocycles. The highest BCUT2D eigenvalue weighted by Gasteiger charge is 2.10. The maximum Gasteiger partial charge on any atom is 0.250 e. The van der Waals surface area contributed by atoms with E-state index in [-0.39, 0.29) is 12.5 Å². The summed E-state index contributed by atoms with van der Waals surface area (Å²) in [7, 11) is 0. The van der Waals surface area contributed by atoms with Gasteiger partial charge in [-0.2, -0.15) is 0 Å². The van der Waals surface area contributed by atoms with Gasteiger partial charge in [0.15, 0.2) is 0 Å². The number of carbonyl (C=O) groups is 1. The minimum Gasteiger partial charge on any atom is -0.382 e. The molecule has 1 atom stereocenters. The summed E-state index contributed by atoms with van der Waals surface area (Å²) in [5.41, 5.74) is 5.03. The second-order valence-corrected chi connectivity index (χ2v) is 2.75. The fourth-order valence-electron chi connectivity index (χ4n) is 0.473. The number of nitrogens with one attached hydrogen (secondary N) is 1. The number of hydrogen-bond acceptors (Lipinski definition) is 3. The lowest BCUT2D eigenvalue weighted by Gasteiger charge is -2.06. The predicted octanol–water partition coefficient (Wildman–Crippen LogP) is 0.249. The van der Waals surface area contributed by atoms with Gasteiger partial charge in [-0.3, -0.25) is 4.79 Å². The number of nitrogens with two attached hydrogens (primary N) is 1. The van der Waals surface area contributed by atoms with Crippen LogP contribution in [-0.4, -0.2) is 30.2 Å². The largest absolute Gasteiger partial charge is 0.382 e. The predicted molar refractivity (Wildman–Crippen MR) is 54.3 cm³/mol. The summed E-state index contributed by atoms with van der Waals surface area (Å²) < 4.78 is 0. The molecule has 4 nitrogen and oxygen atoms in total. The maximum absolute atomic E-state index is 10.7. The van der Waals surface area contributed by atoms with Crippen LogP contribution in [0.15, 0.2) is 0 Å². The minimum absolute atomic E-state index is 0.0183. The topological polar surface area (TPSA) is 75.3 Å². The van der Waals surface area contributed by atoms with Crippen LogP contribution in [0.1, 0.15) is 33.6 Å². The first-order valence-electron chi connectivity index (χ1n) is 4.79. The van der Waals surface area contributed by atoms with Gasteiger partial charge < -0.3 is 16.2 Å². The Hall–Kier alpha value is -0.610. The summed E-state index contributed by atoms with van der Waals surface area (Å²) in [6.45, 7) is 6.76. The monoisotopic (exact) mass is 190 g/mol. The number of aliphatic hydroxyl groups excluding tert-OH is 1. The van der Waals surface area contributed by atoms with Gasteiger partial charge in [0.05, 0.1) is 0 Å². The molecule has 0 fully saturated rings. The van der Waals surface area contributed by atoms with Crippen LogP contribution in [0.2, 0.25) is 0 Å². The molecule has 0 heterocycles. The molecule has 0 bridgehead atoms. The number of amides is 1. The molecule has 0 aromatic carbocycles. The van der Waals surface area contributed by atoms with Crippen LogP contribution in [0.25, 0.3) is 0 Å². The van der Waals surface area contributed by atoms with Crippen LogP contribution in [0.4, 0.5) is 0 Å². The maximum atomic E-state index is 10.7. The molecule has 80 valence electrons. The Morgan fingerprint density at radius 1 is 1.46 bits per heavy atom. The summed E-state index contributed by atoms with van der Waals surface area (Å²) in [5, 5.41) is 11.3. The van der Waals surface area contributed by atoms with Crippen LogP contribution < -0.4 is 11.1 Å². The molecule has 0 aliphatic carbocycles. The third-order valence-corrected chi connectivity index (χ3v) is 1.08. The van der Waals surface area contributed by atoms with Crippen molar-refractivity contribution in [3.63, 3.8) is 0 Å². The molecule has 1 unspecified atom stereocenters. The van der Waals surface area contributed by atoms with E-state index < -0.39 is 6.10 Å². The van der Waals surface area contributed by atoms with Gasteiger partial charge >= 0.3 is 0 Å². The summed E-state index contributed by atoms with van der Waals surface area (Å²) in [6, 6.07) is 0. The van der Waals surface area contributed by atoms with E-state index in [1.54, 1.807) is 0 Å². The molecule has 4 N–H and O–H groups in total. The van der Waals surface area contributed by atoms with Crippen molar-refractivity contribution in [2.24, 2.45) is 5.73 Å². The van der Waals surface area contributed by atoms with E-state index in [1.165, 1.54) is 6.42 Å². The van der Waals surface area contributed by atoms with E-state index in [0.29, 0.717) is 6.54 Å². The van der Waals surface area contributed by atoms with Crippen molar-refractivity contribution in [3.8, 4) is 0 Å². The molecular formula is C9H22N2O2. The normalized spacial score (nSPS) is 11.2. The summed E-state index contributed by atoms with van der Waals surface area (Å²) in [4.78, 5) is 10.7. The first-order valence-corrected chi connectivity index (χ1v) is 4.79. The van der Waals surface area contributed by atoms with E-state index in [9.17, 15) is 4.79 Å². The summed E-state index contributed by atoms with van der Waals surface area (Å²) in [5.74, 6) is -0.385. The zero-order valence-corrected chi connectivity index (χ0v) is 8.84. The first-order chi connectivity index (χ1) is 6.13. The number of carbonyl (C=O) groups excluding carboxylic acids is 1. The Morgan fingerprint density at radius 3 is 2.23 bits per heavy atom. The van der Waals surface area contributed by atoms with Gasteiger partial charge in [0.25, 0.3) is 0 Å². The average Bonchev–Trinajstić information content (AvgIpc) is 2.14. The Balaban J connectivity index is 0. The lowest BCUT2D eigenvalue weighted by atomic mass is 10.3. The van der Waals surface area contributed by atoms with Crippen LogP contribution in [0.3, 0.4) is 0 Å². The van der Waals surface area contributed by atoms with Crippen LogP contribution in [-0.2, 0) is 4.79 Å². The molecule has 0 saturated heterocycles. The van der Waals surface area contributed by atoms with Crippen LogP contribution in [0.5, 0.6) is 0 Å². The van der Waals surface area contributed by atoms with Crippen molar-refractivity contribution in [1.82, 2.24) is 5.32 Å². The van der Waals surface area contributed by atoms with Gasteiger partial charge in [-0.15, -0.1) is 0 Å². The third-order valence-electron chi connectivity index (χ3n) is 1.08. The fourth-order valence-corrected chi connectivity index (χ4v) is 0.473. The van der Waals surface area contributed by atoms with E-state index in [4.69, 9.17) is 10.8 Å². The quantitative estimate of drug-likeness (QED) is 0.595. The van der Waals surface area contributed by atoms with Gasteiger partial charge in [-0.25, -0.2) is 0 Å². The Labute approximate surface area is 80.5 Å². The number of aliphatic hydroxyl groups is 1. The number of rotatable bonds is 4. The first kappa shape index (κ1) is 14.9. The zero-order chi connectivity index (χ0) is 10.7. The van der Waals surface area contributed by atoms with Gasteiger partial charge in [0.2, 0.25) is 5.91 Å². The van der Waals surface area contributed by atoms with Crippen molar-refractivity contribution < 1.29 is 9.90 Å². The van der Waals surface area contributed by atoms with E-state index in [1.807, 2.05) is 6.92 Å². The minimum atomic E-state index is -1.05. The second kappa shape index (κ2) is 11.4. The molecular weight excluding hydrogens is 168 g/mol. The van der Waals surface area contributed by atoms with Crippen molar-refractivity contribution in [2.75, 3.05) is 13.1 Å². The molecule has 0 rings (SSSR count). The van der Waals surface area contributed by atoms with Crippen molar-refractivity contribution >= 4 is 5.91 Å². The van der Waals surface area contributed by atoms with Gasteiger partial charge in [0, 0.05) is 13.1 Å². The Kier molecular flexibility index (Phi) is 13.0. The highest BCUT2D eigenvalue weighted by molar-refractivity contribution is 5.80. The molecule has 0 spiro atoms. The highest BCUT2D eigenvalue weighted by atomic mass is 16.3. The molecule has 13 heavy (non-hydrogen) atoms. The fraction of sp³-hybridized carbons (Fsp3) is 0.889. The van der Waals surface area contributed by atoms with E-state index in [0.717, 1.165) is 6.42 Å². The second-order valence-electron chi connectivity index (χ2n) is 2.75. The van der Waals surface area contributed by atoms with E-state index >= 15 is 0 Å². The lowest BCUT2D eigenvalue weighted by Crippen LogP contribution is -2.39. The highest BCUT2D eigenvalue weighted by Crippen LogP contribution is 1.78. The van der Waals surface area contributed by atoms with Gasteiger partial charge in [0.1, 0.15) is 6.10 Å². The van der Waals surface area contributed by atoms with Crippen LogP contribution >= 0.6 is 0 Å². The van der Waals surface area contributed by atoms with Crippen molar-refractivity contribution in [1.29, 1.82) is 0 Å². The standard InChI is InChI=1S/C6H14N2O2.C3H8/c1-2-3-8-6(10)5(9)4-7;1-3-2/h5,9H,2-4,7H2,1H3,(H,8,10);3H2,1-2H3. The zero-order valence-electron chi connectivity index (χ0n) is 8.84. The Morgan fingerprint density at radius 2 is 1.92 bits per heavy atom. The molecule has 0 aliphatic rings. The summed E-state index contributed by atoms with van der Waals surface area (Å²) in [6.07, 6.45) is 1.06. The molecule has 4 heteroatoms. The SMILES string of the molecule is CCC.CCCNC(=O)C(O)CN. The van der Waals surface area contributed by atoms with Crippen molar-refractivity contribution in [3.05, 3.63) is 0 Å².